The molecule has 0 amide bonds. The molecule has 0 radical (unpaired) electrons. The number of para-hydroxylation sites is 1. The molecule has 0 unspecified atom stereocenters. The first-order valence-corrected chi connectivity index (χ1v) is 20.8. The smallest absolute Gasteiger partial charge is 0.149 e. The zero-order valence-electron chi connectivity index (χ0n) is 56.0. The molecule has 0 saturated heterocycles. The second-order valence-electron chi connectivity index (χ2n) is 19.2. The molecule has 2 aromatic heterocycles. The van der Waals surface area contributed by atoms with Crippen LogP contribution in [0, 0.1) is 6.85 Å². The molecule has 0 spiro atoms. The zero-order chi connectivity index (χ0) is 61.3. The summed E-state index contributed by atoms with van der Waals surface area (Å²) in [7, 11) is 0. The van der Waals surface area contributed by atoms with Gasteiger partial charge in [-0.3, -0.25) is 9.55 Å². The molecule has 0 aliphatic heterocycles. The Bertz CT molecular complexity index is 3780. The molecular weight excluding hydrogens is 767 g/mol. The molecule has 0 saturated carbocycles. The topological polar surface area (TPSA) is 50.9 Å². The van der Waals surface area contributed by atoms with Gasteiger partial charge in [-0.2, -0.15) is 0 Å². The molecule has 6 aromatic carbocycles. The molecular formula is C59H63N3O. The van der Waals surface area contributed by atoms with Crippen LogP contribution < -0.4 is 0 Å². The number of rotatable bonds is 6. The molecule has 4 heteroatoms. The van der Waals surface area contributed by atoms with Crippen LogP contribution in [0.4, 0.5) is 0 Å². The Morgan fingerprint density at radius 3 is 1.90 bits per heavy atom. The van der Waals surface area contributed by atoms with Crippen LogP contribution in [-0.2, 0) is 21.7 Å². The Hall–Kier alpha value is -6.26. The number of imidazole rings is 1. The number of phenolic OH excluding ortho intramolecular Hbond substituents is 1. The van der Waals surface area contributed by atoms with Gasteiger partial charge in [0, 0.05) is 44.9 Å². The zero-order valence-corrected chi connectivity index (χ0v) is 37.0. The highest BCUT2D eigenvalue weighted by Crippen LogP contribution is 2.46. The van der Waals surface area contributed by atoms with Gasteiger partial charge >= 0.3 is 0 Å². The van der Waals surface area contributed by atoms with Gasteiger partial charge in [-0.25, -0.2) is 4.98 Å². The van der Waals surface area contributed by atoms with Crippen molar-refractivity contribution in [3.8, 4) is 67.5 Å². The van der Waals surface area contributed by atoms with E-state index in [1.165, 1.54) is 18.2 Å². The van der Waals surface area contributed by atoms with Crippen molar-refractivity contribution in [3.63, 3.8) is 0 Å². The van der Waals surface area contributed by atoms with Gasteiger partial charge in [-0.05, 0) is 116 Å². The molecule has 8 rings (SSSR count). The Balaban J connectivity index is 1.53. The van der Waals surface area contributed by atoms with Gasteiger partial charge in [0.2, 0.25) is 0 Å². The molecule has 4 nitrogen and oxygen atoms in total. The van der Waals surface area contributed by atoms with Crippen molar-refractivity contribution in [1.29, 1.82) is 0 Å². The lowest BCUT2D eigenvalue weighted by Gasteiger charge is -2.28. The summed E-state index contributed by atoms with van der Waals surface area (Å²) < 4.78 is 166. The standard InChI is InChI=1S/C59H63N3O/c1-37-22-24-38(25-23-37)40-28-29-60-50(33-40)42-30-41(31-44(32-42)57(5,6)7)46-20-17-21-52-53(46)61-55(48-35-45(58(8,9)10)36-49(54(48)63)59(11,12)13)62(52)51-27-26-43(56(2,3)4)34-47(51)39-18-15-14-16-19-39/h14-36,63H,1-13H3/i1D3,2D3,3D3,4D3,22D,23D,24D,25D,28D,29D,33D. The molecule has 63 heavy (non-hydrogen) atoms. The normalized spacial score (nSPS) is 17.8. The number of fused-ring (bicyclic) bond motifs is 1. The highest BCUT2D eigenvalue weighted by atomic mass is 16.3. The van der Waals surface area contributed by atoms with Crippen LogP contribution in [0.3, 0.4) is 0 Å². The van der Waals surface area contributed by atoms with Crippen LogP contribution in [0.2, 0.25) is 0 Å². The first-order valence-electron chi connectivity index (χ1n) is 30.3. The number of nitrogens with zero attached hydrogens (tertiary/aromatic N) is 3. The van der Waals surface area contributed by atoms with Gasteiger partial charge in [0.05, 0.1) is 37.6 Å². The summed E-state index contributed by atoms with van der Waals surface area (Å²) in [6.45, 7) is 4.09. The molecule has 2 heterocycles. The quantitative estimate of drug-likeness (QED) is 0.181. The minimum absolute atomic E-state index is 0.0941. The van der Waals surface area contributed by atoms with Gasteiger partial charge in [-0.15, -0.1) is 0 Å². The van der Waals surface area contributed by atoms with E-state index in [0.29, 0.717) is 50.1 Å². The Kier molecular flexibility index (Phi) is 6.47. The summed E-state index contributed by atoms with van der Waals surface area (Å²) in [6.07, 6.45) is -0.660. The van der Waals surface area contributed by atoms with Crippen LogP contribution in [0.15, 0.2) is 139 Å². The van der Waals surface area contributed by atoms with Crippen LogP contribution in [0.25, 0.3) is 72.7 Å². The lowest BCUT2D eigenvalue weighted by Crippen LogP contribution is -2.17. The molecule has 1 N–H and O–H groups in total. The molecule has 0 aliphatic rings. The number of hydrogen-bond acceptors (Lipinski definition) is 3. The average Bonchev–Trinajstić information content (AvgIpc) is 3.86. The third kappa shape index (κ3) is 8.61. The van der Waals surface area contributed by atoms with Crippen molar-refractivity contribution >= 4 is 11.0 Å². The maximum atomic E-state index is 12.7. The Morgan fingerprint density at radius 2 is 1.24 bits per heavy atom. The lowest BCUT2D eigenvalue weighted by molar-refractivity contribution is 0.446. The monoisotopic (exact) mass is 849 g/mol. The van der Waals surface area contributed by atoms with E-state index in [4.69, 9.17) is 29.7 Å². The summed E-state index contributed by atoms with van der Waals surface area (Å²) in [4.78, 5) is 9.84. The number of aromatic nitrogens is 3. The van der Waals surface area contributed by atoms with Crippen molar-refractivity contribution in [1.82, 2.24) is 14.5 Å². The van der Waals surface area contributed by atoms with E-state index in [1.807, 2.05) is 80.5 Å². The number of phenols is 1. The van der Waals surface area contributed by atoms with Crippen molar-refractivity contribution in [2.75, 3.05) is 0 Å². The van der Waals surface area contributed by atoms with Gasteiger partial charge in [0.25, 0.3) is 0 Å². The van der Waals surface area contributed by atoms with Crippen LogP contribution >= 0.6 is 0 Å². The Morgan fingerprint density at radius 1 is 0.556 bits per heavy atom. The van der Waals surface area contributed by atoms with Gasteiger partial charge < -0.3 is 5.11 Å². The summed E-state index contributed by atoms with van der Waals surface area (Å²) in [5, 5.41) is 12.7. The van der Waals surface area contributed by atoms with Crippen molar-refractivity contribution in [2.24, 2.45) is 0 Å². The van der Waals surface area contributed by atoms with E-state index in [1.54, 1.807) is 65.2 Å². The third-order valence-electron chi connectivity index (χ3n) is 11.3. The third-order valence-corrected chi connectivity index (χ3v) is 11.3. The van der Waals surface area contributed by atoms with Crippen LogP contribution in [-0.4, -0.2) is 19.6 Å². The van der Waals surface area contributed by atoms with Gasteiger partial charge in [0.15, 0.2) is 0 Å². The summed E-state index contributed by atoms with van der Waals surface area (Å²) in [5.74, 6) is 0.0971. The van der Waals surface area contributed by atoms with E-state index < -0.39 is 114 Å². The fourth-order valence-electron chi connectivity index (χ4n) is 7.75. The predicted octanol–water partition coefficient (Wildman–Crippen LogP) is 16.0. The van der Waals surface area contributed by atoms with E-state index in [9.17, 15) is 6.48 Å². The molecule has 0 atom stereocenters. The van der Waals surface area contributed by atoms with Gasteiger partial charge in [0.1, 0.15) is 11.6 Å². The minimum Gasteiger partial charge on any atom is -0.507 e. The van der Waals surface area contributed by atoms with E-state index >= 15 is 0 Å². The fourth-order valence-corrected chi connectivity index (χ4v) is 7.75. The second-order valence-corrected chi connectivity index (χ2v) is 19.2. The molecule has 0 aliphatic carbocycles. The van der Waals surface area contributed by atoms with Crippen LogP contribution in [0.1, 0.15) is 137 Å². The minimum atomic E-state index is -3.58. The molecule has 320 valence electrons. The average molecular weight is 849 g/mol. The SMILES string of the molecule is [2H]c1nc(-c2cc(-c3cccc4c3nc(-c3cc(C(C)(C)C)cc(C(C)(C)C)c3O)n4-c3ccc(C(C([2H])([2H])[2H])(C([2H])([2H])[2H])C([2H])([2H])[2H])cc3-c3ccccc3)cc(C(C)(C)C)c2)c([2H])c(-c2c([2H])c([2H])c(C([2H])([2H])[2H])c([2H])c2[2H])c1[2H]. The van der Waals surface area contributed by atoms with Crippen molar-refractivity contribution in [3.05, 3.63) is 167 Å². The first kappa shape index (κ1) is 25.8. The fraction of sp³-hybridized carbons (Fsp3) is 0.288. The number of hydrogen-bond donors (Lipinski definition) is 1. The number of pyridine rings is 1. The summed E-state index contributed by atoms with van der Waals surface area (Å²) in [5.41, 5.74) is -2.12. The van der Waals surface area contributed by atoms with E-state index in [0.717, 1.165) is 5.56 Å². The van der Waals surface area contributed by atoms with Gasteiger partial charge in [-0.1, -0.05) is 173 Å². The highest BCUT2D eigenvalue weighted by Gasteiger charge is 2.30. The molecule has 8 aromatic rings. The largest absolute Gasteiger partial charge is 0.507 e. The second kappa shape index (κ2) is 15.8. The summed E-state index contributed by atoms with van der Waals surface area (Å²) in [6, 6.07) is 22.6. The number of benzene rings is 6. The van der Waals surface area contributed by atoms with Crippen LogP contribution in [0.5, 0.6) is 5.75 Å². The van der Waals surface area contributed by atoms with E-state index in [-0.39, 0.29) is 28.4 Å². The van der Waals surface area contributed by atoms with Crippen molar-refractivity contribution in [2.45, 2.75) is 111 Å². The maximum absolute atomic E-state index is 12.7. The predicted molar refractivity (Wildman–Crippen MR) is 267 cm³/mol. The molecule has 0 fully saturated rings. The van der Waals surface area contributed by atoms with Crippen molar-refractivity contribution < 1.29 is 31.2 Å². The highest BCUT2D eigenvalue weighted by molar-refractivity contribution is 5.98. The maximum Gasteiger partial charge on any atom is 0.149 e. The van der Waals surface area contributed by atoms with E-state index in [2.05, 4.69) is 4.98 Å². The first-order chi connectivity index (χ1) is 37.5. The molecule has 0 bridgehead atoms. The Labute approximate surface area is 402 Å². The lowest BCUT2D eigenvalue weighted by atomic mass is 9.79. The number of aromatic hydroxyl groups is 1. The summed E-state index contributed by atoms with van der Waals surface area (Å²) >= 11 is 0.